The van der Waals surface area contributed by atoms with E-state index in [4.69, 9.17) is 10.5 Å². The molecule has 15 heteroatoms. The Balaban J connectivity index is 2.00. The number of sulfonamides is 1. The van der Waals surface area contributed by atoms with Crippen molar-refractivity contribution >= 4 is 27.8 Å². The fraction of sp³-hybridized carbons (Fsp3) is 0.200. The zero-order chi connectivity index (χ0) is 29.4. The molecule has 40 heavy (non-hydrogen) atoms. The van der Waals surface area contributed by atoms with Gasteiger partial charge in [0.15, 0.2) is 5.82 Å². The lowest BCUT2D eigenvalue weighted by molar-refractivity contribution is 0.126. The van der Waals surface area contributed by atoms with Gasteiger partial charge in [-0.25, -0.2) is 40.7 Å². The van der Waals surface area contributed by atoms with Gasteiger partial charge in [-0.1, -0.05) is 0 Å². The number of carbonyl (C=O) groups is 1. The molecule has 0 fully saturated rings. The molecule has 0 radical (unpaired) electrons. The van der Waals surface area contributed by atoms with Crippen molar-refractivity contribution in [1.29, 1.82) is 0 Å². The number of aromatic nitrogens is 4. The lowest BCUT2D eigenvalue weighted by Crippen LogP contribution is -2.39. The largest absolute Gasteiger partial charge is 0.446 e. The van der Waals surface area contributed by atoms with Gasteiger partial charge in [-0.05, 0) is 57.2 Å². The summed E-state index contributed by atoms with van der Waals surface area (Å²) in [5, 5.41) is 4.21. The number of halogens is 4. The number of nitrogen functional groups attached to an aromatic ring is 1. The first-order valence-corrected chi connectivity index (χ1v) is 13.1. The third kappa shape index (κ3) is 5.32. The summed E-state index contributed by atoms with van der Waals surface area (Å²) in [6, 6.07) is 4.28. The molecule has 2 aromatic heterocycles. The number of aryl methyl sites for hydroxylation is 1. The van der Waals surface area contributed by atoms with Crippen molar-refractivity contribution in [2.45, 2.75) is 38.3 Å². The van der Waals surface area contributed by atoms with Gasteiger partial charge >= 0.3 is 6.09 Å². The van der Waals surface area contributed by atoms with E-state index < -0.39 is 61.6 Å². The summed E-state index contributed by atoms with van der Waals surface area (Å²) in [7, 11) is -5.34. The number of hydrogen-bond donors (Lipinski definition) is 1. The number of ether oxygens (including phenoxy) is 1. The second kappa shape index (κ2) is 10.9. The minimum Gasteiger partial charge on any atom is -0.446 e. The zero-order valence-corrected chi connectivity index (χ0v) is 22.1. The van der Waals surface area contributed by atoms with Crippen LogP contribution in [0.4, 0.5) is 34.0 Å². The van der Waals surface area contributed by atoms with Crippen LogP contribution in [-0.2, 0) is 21.3 Å². The molecule has 4 aromatic rings. The average molecular weight is 579 g/mol. The summed E-state index contributed by atoms with van der Waals surface area (Å²) < 4.78 is 93.2. The van der Waals surface area contributed by atoms with E-state index in [-0.39, 0.29) is 33.7 Å². The van der Waals surface area contributed by atoms with E-state index in [1.165, 1.54) is 37.0 Å². The quantitative estimate of drug-likeness (QED) is 0.306. The van der Waals surface area contributed by atoms with Gasteiger partial charge in [0.2, 0.25) is 5.95 Å². The maximum Gasteiger partial charge on any atom is 0.429 e. The molecule has 0 unspecified atom stereocenters. The van der Waals surface area contributed by atoms with Crippen molar-refractivity contribution in [3.05, 3.63) is 72.1 Å². The number of hydrogen-bond acceptors (Lipinski definition) is 8. The standard InChI is InChI=1S/C25H22F4N6O4S/c1-4-34-12-15(18-9-10-31-24(30)32-18)23(33-34)21-17(28)7-8-19(22(21)29)35(25(36)39-13(2)3)40(37,38)20-11-14(26)5-6-16(20)27/h5-13H,4H2,1-3H3,(H2,30,31,32). The second-order valence-corrected chi connectivity index (χ2v) is 10.3. The number of amides is 1. The van der Waals surface area contributed by atoms with Crippen molar-refractivity contribution in [1.82, 2.24) is 19.7 Å². The van der Waals surface area contributed by atoms with Gasteiger partial charge in [-0.15, -0.1) is 0 Å². The third-order valence-electron chi connectivity index (χ3n) is 5.48. The maximum atomic E-state index is 16.3. The monoisotopic (exact) mass is 578 g/mol. The predicted molar refractivity (Wildman–Crippen MR) is 136 cm³/mol. The SMILES string of the molecule is CCn1cc(-c2ccnc(N)n2)c(-c2c(F)ccc(N(C(=O)OC(C)C)S(=O)(=O)c3cc(F)ccc3F)c2F)n1. The number of carbonyl (C=O) groups excluding carboxylic acids is 1. The number of nitrogens with two attached hydrogens (primary N) is 1. The molecule has 0 bridgehead atoms. The molecule has 10 nitrogen and oxygen atoms in total. The first-order valence-electron chi connectivity index (χ1n) is 11.7. The molecule has 0 spiro atoms. The van der Waals surface area contributed by atoms with Crippen molar-refractivity contribution in [2.24, 2.45) is 0 Å². The van der Waals surface area contributed by atoms with Crippen LogP contribution >= 0.6 is 0 Å². The van der Waals surface area contributed by atoms with E-state index >= 15 is 8.78 Å². The van der Waals surface area contributed by atoms with Gasteiger partial charge in [-0.3, -0.25) is 4.68 Å². The Bertz CT molecular complexity index is 1710. The Labute approximate surface area is 226 Å². The van der Waals surface area contributed by atoms with E-state index in [0.29, 0.717) is 30.3 Å². The Morgan fingerprint density at radius 1 is 1.10 bits per heavy atom. The lowest BCUT2D eigenvalue weighted by atomic mass is 10.0. The molecule has 1 amide bonds. The first kappa shape index (κ1) is 28.5. The van der Waals surface area contributed by atoms with Crippen LogP contribution in [0, 0.1) is 23.3 Å². The summed E-state index contributed by atoms with van der Waals surface area (Å²) in [6.07, 6.45) is 0.211. The van der Waals surface area contributed by atoms with Crippen LogP contribution in [0.25, 0.3) is 22.5 Å². The summed E-state index contributed by atoms with van der Waals surface area (Å²) in [6.45, 7) is 4.75. The van der Waals surface area contributed by atoms with Crippen molar-refractivity contribution in [2.75, 3.05) is 10.0 Å². The van der Waals surface area contributed by atoms with E-state index in [2.05, 4.69) is 15.1 Å². The van der Waals surface area contributed by atoms with Crippen molar-refractivity contribution in [3.63, 3.8) is 0 Å². The fourth-order valence-corrected chi connectivity index (χ4v) is 5.16. The molecule has 2 aromatic carbocycles. The van der Waals surface area contributed by atoms with E-state index in [0.717, 1.165) is 0 Å². The molecular weight excluding hydrogens is 556 g/mol. The molecule has 0 saturated carbocycles. The van der Waals surface area contributed by atoms with Crippen LogP contribution < -0.4 is 10.0 Å². The second-order valence-electron chi connectivity index (χ2n) is 8.58. The fourth-order valence-electron chi connectivity index (χ4n) is 3.74. The Kier molecular flexibility index (Phi) is 7.77. The van der Waals surface area contributed by atoms with Crippen LogP contribution in [0.15, 0.2) is 53.7 Å². The van der Waals surface area contributed by atoms with Crippen LogP contribution in [0.3, 0.4) is 0 Å². The van der Waals surface area contributed by atoms with Gasteiger partial charge < -0.3 is 10.5 Å². The predicted octanol–water partition coefficient (Wildman–Crippen LogP) is 4.91. The first-order chi connectivity index (χ1) is 18.8. The topological polar surface area (TPSA) is 133 Å². The molecule has 4 rings (SSSR count). The molecule has 210 valence electrons. The van der Waals surface area contributed by atoms with Crippen LogP contribution in [0.5, 0.6) is 0 Å². The highest BCUT2D eigenvalue weighted by Crippen LogP contribution is 2.39. The Morgan fingerprint density at radius 3 is 2.45 bits per heavy atom. The third-order valence-corrected chi connectivity index (χ3v) is 7.17. The highest BCUT2D eigenvalue weighted by Gasteiger charge is 2.38. The molecule has 0 aliphatic carbocycles. The average Bonchev–Trinajstić information content (AvgIpc) is 3.30. The normalized spacial score (nSPS) is 11.6. The summed E-state index contributed by atoms with van der Waals surface area (Å²) in [4.78, 5) is 19.6. The zero-order valence-electron chi connectivity index (χ0n) is 21.3. The van der Waals surface area contributed by atoms with Crippen LogP contribution in [0.2, 0.25) is 0 Å². The molecular formula is C25H22F4N6O4S. The number of benzene rings is 2. The van der Waals surface area contributed by atoms with Gasteiger partial charge in [-0.2, -0.15) is 9.40 Å². The minimum atomic E-state index is -5.34. The highest BCUT2D eigenvalue weighted by molar-refractivity contribution is 7.93. The molecule has 0 aliphatic heterocycles. The van der Waals surface area contributed by atoms with Gasteiger partial charge in [0.25, 0.3) is 10.0 Å². The van der Waals surface area contributed by atoms with Gasteiger partial charge in [0, 0.05) is 24.5 Å². The van der Waals surface area contributed by atoms with Gasteiger partial charge in [0.1, 0.15) is 33.7 Å². The number of anilines is 2. The minimum absolute atomic E-state index is 0.112. The number of rotatable bonds is 7. The summed E-state index contributed by atoms with van der Waals surface area (Å²) in [5.74, 6) is -5.41. The van der Waals surface area contributed by atoms with E-state index in [1.807, 2.05) is 0 Å². The van der Waals surface area contributed by atoms with E-state index in [9.17, 15) is 22.0 Å². The smallest absolute Gasteiger partial charge is 0.429 e. The molecule has 2 heterocycles. The summed E-state index contributed by atoms with van der Waals surface area (Å²) in [5.41, 5.74) is 3.78. The van der Waals surface area contributed by atoms with Crippen molar-refractivity contribution in [3.8, 4) is 22.5 Å². The highest BCUT2D eigenvalue weighted by atomic mass is 32.2. The molecule has 0 saturated heterocycles. The van der Waals surface area contributed by atoms with E-state index in [1.54, 1.807) is 6.92 Å². The molecule has 0 atom stereocenters. The Hall–Kier alpha value is -4.53. The van der Waals surface area contributed by atoms with Crippen LogP contribution in [-0.4, -0.2) is 40.4 Å². The Morgan fingerprint density at radius 2 is 1.80 bits per heavy atom. The number of nitrogens with zero attached hydrogens (tertiary/aromatic N) is 5. The lowest BCUT2D eigenvalue weighted by Gasteiger charge is -2.24. The maximum absolute atomic E-state index is 16.3. The van der Waals surface area contributed by atoms with Crippen molar-refractivity contribution < 1.29 is 35.5 Å². The summed E-state index contributed by atoms with van der Waals surface area (Å²) >= 11 is 0. The molecule has 0 aliphatic rings. The van der Waals surface area contributed by atoms with Crippen LogP contribution in [0.1, 0.15) is 20.8 Å². The van der Waals surface area contributed by atoms with Gasteiger partial charge in [0.05, 0.1) is 17.4 Å². The molecule has 2 N–H and O–H groups in total.